The first-order valence-corrected chi connectivity index (χ1v) is 5.05. The van der Waals surface area contributed by atoms with E-state index < -0.39 is 18.6 Å². The van der Waals surface area contributed by atoms with Crippen molar-refractivity contribution < 1.29 is 18.0 Å². The molecule has 4 nitrogen and oxygen atoms in total. The number of carbonyl (C=O) groups excluding carboxylic acids is 1. The molecule has 0 aromatic carbocycles. The van der Waals surface area contributed by atoms with E-state index in [0.29, 0.717) is 4.90 Å². The van der Waals surface area contributed by atoms with Gasteiger partial charge >= 0.3 is 6.18 Å². The first kappa shape index (κ1) is 13.7. The second-order valence-electron chi connectivity index (χ2n) is 3.16. The Morgan fingerprint density at radius 3 is 2.59 bits per heavy atom. The van der Waals surface area contributed by atoms with Gasteiger partial charge in [0.15, 0.2) is 0 Å². The van der Waals surface area contributed by atoms with Gasteiger partial charge in [0.05, 0.1) is 12.4 Å². The maximum atomic E-state index is 12.2. The summed E-state index contributed by atoms with van der Waals surface area (Å²) < 4.78 is 36.6. The summed E-state index contributed by atoms with van der Waals surface area (Å²) in [5, 5.41) is -0.0427. The van der Waals surface area contributed by atoms with Crippen LogP contribution in [0.25, 0.3) is 0 Å². The lowest BCUT2D eigenvalue weighted by Gasteiger charge is -2.21. The third-order valence-electron chi connectivity index (χ3n) is 1.86. The van der Waals surface area contributed by atoms with Crippen molar-refractivity contribution in [2.75, 3.05) is 13.1 Å². The summed E-state index contributed by atoms with van der Waals surface area (Å²) >= 11 is 5.50. The lowest BCUT2D eigenvalue weighted by atomic mass is 10.3. The van der Waals surface area contributed by atoms with Gasteiger partial charge < -0.3 is 4.90 Å². The van der Waals surface area contributed by atoms with Crippen LogP contribution in [-0.4, -0.2) is 40.0 Å². The number of alkyl halides is 3. The molecule has 94 valence electrons. The van der Waals surface area contributed by atoms with E-state index in [-0.39, 0.29) is 17.4 Å². The van der Waals surface area contributed by atoms with Crippen LogP contribution >= 0.6 is 11.6 Å². The molecule has 8 heteroatoms. The fourth-order valence-electron chi connectivity index (χ4n) is 1.15. The average Bonchev–Trinajstić information content (AvgIpc) is 2.23. The zero-order valence-electron chi connectivity index (χ0n) is 8.83. The quantitative estimate of drug-likeness (QED) is 0.843. The topological polar surface area (TPSA) is 46.1 Å². The molecular formula is C9H9ClF3N3O. The lowest BCUT2D eigenvalue weighted by Crippen LogP contribution is -2.39. The summed E-state index contributed by atoms with van der Waals surface area (Å²) in [4.78, 5) is 19.5. The van der Waals surface area contributed by atoms with Crippen LogP contribution in [0.15, 0.2) is 12.4 Å². The summed E-state index contributed by atoms with van der Waals surface area (Å²) in [7, 11) is 0. The van der Waals surface area contributed by atoms with Gasteiger partial charge in [-0.1, -0.05) is 11.6 Å². The van der Waals surface area contributed by atoms with E-state index in [4.69, 9.17) is 11.6 Å². The van der Waals surface area contributed by atoms with Crippen LogP contribution in [0.3, 0.4) is 0 Å². The molecular weight excluding hydrogens is 259 g/mol. The first-order valence-electron chi connectivity index (χ1n) is 4.67. The number of rotatable bonds is 3. The normalized spacial score (nSPS) is 11.4. The smallest absolute Gasteiger partial charge is 0.328 e. The van der Waals surface area contributed by atoms with Gasteiger partial charge in [0, 0.05) is 6.54 Å². The fraction of sp³-hybridized carbons (Fsp3) is 0.444. The van der Waals surface area contributed by atoms with E-state index in [0.717, 1.165) is 6.20 Å². The fourth-order valence-corrected chi connectivity index (χ4v) is 1.30. The monoisotopic (exact) mass is 267 g/mol. The summed E-state index contributed by atoms with van der Waals surface area (Å²) in [5.41, 5.74) is -0.205. The highest BCUT2D eigenvalue weighted by molar-refractivity contribution is 6.29. The molecule has 1 heterocycles. The summed E-state index contributed by atoms with van der Waals surface area (Å²) in [6, 6.07) is 0. The molecule has 1 rings (SSSR count). The number of aromatic nitrogens is 2. The minimum Gasteiger partial charge on any atom is -0.328 e. The van der Waals surface area contributed by atoms with E-state index in [1.807, 2.05) is 0 Å². The molecule has 17 heavy (non-hydrogen) atoms. The molecule has 0 spiro atoms. The molecule has 1 aromatic rings. The van der Waals surface area contributed by atoms with Gasteiger partial charge in [0.1, 0.15) is 17.4 Å². The van der Waals surface area contributed by atoms with Gasteiger partial charge in [0.25, 0.3) is 5.91 Å². The zero-order valence-corrected chi connectivity index (χ0v) is 9.59. The number of hydrogen-bond donors (Lipinski definition) is 0. The van der Waals surface area contributed by atoms with Crippen molar-refractivity contribution in [2.24, 2.45) is 0 Å². The third kappa shape index (κ3) is 4.18. The Morgan fingerprint density at radius 2 is 2.12 bits per heavy atom. The summed E-state index contributed by atoms with van der Waals surface area (Å²) in [5.74, 6) is -0.847. The Morgan fingerprint density at radius 1 is 1.47 bits per heavy atom. The molecule has 0 N–H and O–H groups in total. The van der Waals surface area contributed by atoms with E-state index in [1.54, 1.807) is 0 Å². The molecule has 0 saturated carbocycles. The molecule has 0 aliphatic carbocycles. The van der Waals surface area contributed by atoms with Crippen LogP contribution in [0.1, 0.15) is 17.4 Å². The van der Waals surface area contributed by atoms with Crippen molar-refractivity contribution in [1.29, 1.82) is 0 Å². The molecule has 0 radical (unpaired) electrons. The Kier molecular flexibility index (Phi) is 4.28. The molecule has 0 atom stereocenters. The van der Waals surface area contributed by atoms with Crippen molar-refractivity contribution in [1.82, 2.24) is 14.9 Å². The number of amides is 1. The predicted octanol–water partition coefficient (Wildman–Crippen LogP) is 2.15. The van der Waals surface area contributed by atoms with Gasteiger partial charge in [-0.3, -0.25) is 9.78 Å². The molecule has 0 fully saturated rings. The maximum Gasteiger partial charge on any atom is 0.406 e. The zero-order chi connectivity index (χ0) is 13.1. The Labute approximate surface area is 100 Å². The van der Waals surface area contributed by atoms with E-state index >= 15 is 0 Å². The van der Waals surface area contributed by atoms with Crippen LogP contribution in [0.5, 0.6) is 0 Å². The van der Waals surface area contributed by atoms with Gasteiger partial charge in [-0.05, 0) is 6.92 Å². The standard InChI is InChI=1S/C9H9ClF3N3O/c1-2-16(5-9(11,12)13)8(17)6-3-14-4-7(10)15-6/h3-4H,2,5H2,1H3. The van der Waals surface area contributed by atoms with Gasteiger partial charge in [-0.15, -0.1) is 0 Å². The summed E-state index contributed by atoms with van der Waals surface area (Å²) in [6.07, 6.45) is -2.18. The van der Waals surface area contributed by atoms with Crippen LogP contribution < -0.4 is 0 Å². The minimum atomic E-state index is -4.45. The second kappa shape index (κ2) is 5.31. The van der Waals surface area contributed by atoms with E-state index in [1.165, 1.54) is 13.1 Å². The highest BCUT2D eigenvalue weighted by atomic mass is 35.5. The number of carbonyl (C=O) groups is 1. The van der Waals surface area contributed by atoms with Crippen LogP contribution in [0, 0.1) is 0 Å². The van der Waals surface area contributed by atoms with E-state index in [9.17, 15) is 18.0 Å². The molecule has 0 aliphatic heterocycles. The van der Waals surface area contributed by atoms with E-state index in [2.05, 4.69) is 9.97 Å². The van der Waals surface area contributed by atoms with Crippen LogP contribution in [0.2, 0.25) is 5.15 Å². The average molecular weight is 268 g/mol. The molecule has 0 saturated heterocycles. The van der Waals surface area contributed by atoms with Crippen molar-refractivity contribution in [3.8, 4) is 0 Å². The lowest BCUT2D eigenvalue weighted by molar-refractivity contribution is -0.140. The van der Waals surface area contributed by atoms with Crippen LogP contribution in [-0.2, 0) is 0 Å². The van der Waals surface area contributed by atoms with Gasteiger partial charge in [-0.2, -0.15) is 13.2 Å². The number of nitrogens with zero attached hydrogens (tertiary/aromatic N) is 3. The second-order valence-corrected chi connectivity index (χ2v) is 3.55. The van der Waals surface area contributed by atoms with Crippen molar-refractivity contribution in [2.45, 2.75) is 13.1 Å². The third-order valence-corrected chi connectivity index (χ3v) is 2.05. The Hall–Kier alpha value is -1.37. The van der Waals surface area contributed by atoms with Crippen LogP contribution in [0.4, 0.5) is 13.2 Å². The van der Waals surface area contributed by atoms with Crippen molar-refractivity contribution >= 4 is 17.5 Å². The minimum absolute atomic E-state index is 0.0427. The van der Waals surface area contributed by atoms with Gasteiger partial charge in [-0.25, -0.2) is 4.98 Å². The Bertz CT molecular complexity index is 411. The SMILES string of the molecule is CCN(CC(F)(F)F)C(=O)c1cncc(Cl)n1. The molecule has 0 aliphatic rings. The van der Waals surface area contributed by atoms with Gasteiger partial charge in [0.2, 0.25) is 0 Å². The highest BCUT2D eigenvalue weighted by Crippen LogP contribution is 2.17. The molecule has 0 bridgehead atoms. The summed E-state index contributed by atoms with van der Waals surface area (Å²) in [6.45, 7) is 0.0463. The largest absolute Gasteiger partial charge is 0.406 e. The molecule has 1 aromatic heterocycles. The number of halogens is 4. The highest BCUT2D eigenvalue weighted by Gasteiger charge is 2.33. The number of hydrogen-bond acceptors (Lipinski definition) is 3. The van der Waals surface area contributed by atoms with Crippen molar-refractivity contribution in [3.05, 3.63) is 23.2 Å². The van der Waals surface area contributed by atoms with Crippen molar-refractivity contribution in [3.63, 3.8) is 0 Å². The predicted molar refractivity (Wildman–Crippen MR) is 54.7 cm³/mol. The maximum absolute atomic E-state index is 12.2. The Balaban J connectivity index is 2.87. The molecule has 1 amide bonds. The first-order chi connectivity index (χ1) is 7.83. The molecule has 0 unspecified atom stereocenters.